The average Bonchev–Trinajstić information content (AvgIpc) is 2.94. The summed E-state index contributed by atoms with van der Waals surface area (Å²) in [5, 5.41) is 9.05. The highest BCUT2D eigenvalue weighted by atomic mass is 16.2. The van der Waals surface area contributed by atoms with Gasteiger partial charge in [0.15, 0.2) is 0 Å². The number of hydrogen-bond acceptors (Lipinski definition) is 3. The molecule has 1 saturated carbocycles. The Morgan fingerprint density at radius 2 is 1.89 bits per heavy atom. The molecule has 100 valence electrons. The number of hydrogen-bond donors (Lipinski definition) is 0. The molecule has 1 saturated heterocycles. The highest BCUT2D eigenvalue weighted by molar-refractivity contribution is 5.79. The first-order valence-corrected chi connectivity index (χ1v) is 7.18. The van der Waals surface area contributed by atoms with Gasteiger partial charge in [0.1, 0.15) is 0 Å². The lowest BCUT2D eigenvalue weighted by Crippen LogP contribution is -2.52. The molecule has 1 unspecified atom stereocenters. The molecule has 1 atom stereocenters. The Morgan fingerprint density at radius 3 is 2.39 bits per heavy atom. The summed E-state index contributed by atoms with van der Waals surface area (Å²) in [6, 6.07) is 2.37. The zero-order valence-corrected chi connectivity index (χ0v) is 11.3. The van der Waals surface area contributed by atoms with E-state index < -0.39 is 0 Å². The quantitative estimate of drug-likeness (QED) is 0.763. The van der Waals surface area contributed by atoms with Crippen LogP contribution in [0.25, 0.3) is 0 Å². The van der Waals surface area contributed by atoms with Crippen LogP contribution in [0.2, 0.25) is 0 Å². The van der Waals surface area contributed by atoms with Gasteiger partial charge in [0.05, 0.1) is 12.1 Å². The Labute approximate surface area is 110 Å². The molecule has 2 aliphatic rings. The molecule has 1 amide bonds. The van der Waals surface area contributed by atoms with E-state index in [1.807, 2.05) is 11.8 Å². The van der Waals surface area contributed by atoms with Crippen LogP contribution >= 0.6 is 0 Å². The second-order valence-corrected chi connectivity index (χ2v) is 5.40. The highest BCUT2D eigenvalue weighted by Gasteiger charge is 2.30. The van der Waals surface area contributed by atoms with Gasteiger partial charge in [-0.05, 0) is 19.3 Å². The molecular weight excluding hydrogens is 226 g/mol. The maximum absolute atomic E-state index is 12.3. The van der Waals surface area contributed by atoms with Crippen LogP contribution in [0, 0.1) is 17.2 Å². The van der Waals surface area contributed by atoms with Crippen molar-refractivity contribution in [1.82, 2.24) is 9.80 Å². The van der Waals surface area contributed by atoms with Gasteiger partial charge in [-0.1, -0.05) is 19.8 Å². The minimum Gasteiger partial charge on any atom is -0.340 e. The first kappa shape index (κ1) is 13.4. The van der Waals surface area contributed by atoms with E-state index in [1.54, 1.807) is 0 Å². The van der Waals surface area contributed by atoms with Crippen molar-refractivity contribution < 1.29 is 4.79 Å². The van der Waals surface area contributed by atoms with Crippen LogP contribution in [0.5, 0.6) is 0 Å². The maximum Gasteiger partial charge on any atom is 0.225 e. The molecule has 0 bridgehead atoms. The molecule has 2 fully saturated rings. The first-order valence-electron chi connectivity index (χ1n) is 7.18. The molecule has 18 heavy (non-hydrogen) atoms. The van der Waals surface area contributed by atoms with E-state index in [4.69, 9.17) is 5.26 Å². The van der Waals surface area contributed by atoms with Crippen molar-refractivity contribution in [2.75, 3.05) is 26.2 Å². The van der Waals surface area contributed by atoms with Gasteiger partial charge in [0.2, 0.25) is 5.91 Å². The molecule has 0 aromatic rings. The van der Waals surface area contributed by atoms with Crippen molar-refractivity contribution >= 4 is 5.91 Å². The topological polar surface area (TPSA) is 47.3 Å². The van der Waals surface area contributed by atoms with Gasteiger partial charge in [-0.3, -0.25) is 9.69 Å². The summed E-state index contributed by atoms with van der Waals surface area (Å²) < 4.78 is 0. The van der Waals surface area contributed by atoms with E-state index in [-0.39, 0.29) is 12.0 Å². The lowest BCUT2D eigenvalue weighted by Gasteiger charge is -2.37. The molecule has 0 aromatic heterocycles. The van der Waals surface area contributed by atoms with Gasteiger partial charge in [-0.25, -0.2) is 0 Å². The number of nitriles is 1. The van der Waals surface area contributed by atoms with Crippen molar-refractivity contribution in [2.24, 2.45) is 5.92 Å². The fourth-order valence-corrected chi connectivity index (χ4v) is 3.12. The van der Waals surface area contributed by atoms with Crippen molar-refractivity contribution in [3.8, 4) is 6.07 Å². The molecule has 0 spiro atoms. The Kier molecular flexibility index (Phi) is 4.60. The molecule has 4 nitrogen and oxygen atoms in total. The third-order valence-corrected chi connectivity index (χ3v) is 4.31. The summed E-state index contributed by atoms with van der Waals surface area (Å²) in [7, 11) is 0. The summed E-state index contributed by atoms with van der Waals surface area (Å²) in [4.78, 5) is 16.5. The molecule has 0 aromatic carbocycles. The van der Waals surface area contributed by atoms with Gasteiger partial charge < -0.3 is 4.90 Å². The Balaban J connectivity index is 1.83. The van der Waals surface area contributed by atoms with Crippen molar-refractivity contribution in [2.45, 2.75) is 45.1 Å². The maximum atomic E-state index is 12.3. The number of carbonyl (C=O) groups excluding carboxylic acids is 1. The fourth-order valence-electron chi connectivity index (χ4n) is 3.12. The average molecular weight is 249 g/mol. The molecule has 2 rings (SSSR count). The van der Waals surface area contributed by atoms with Crippen LogP contribution in [0.4, 0.5) is 0 Å². The molecule has 1 aliphatic heterocycles. The van der Waals surface area contributed by atoms with Crippen LogP contribution in [-0.2, 0) is 4.79 Å². The minimum atomic E-state index is 0.0220. The van der Waals surface area contributed by atoms with E-state index in [2.05, 4.69) is 11.0 Å². The van der Waals surface area contributed by atoms with Gasteiger partial charge in [0, 0.05) is 32.1 Å². The summed E-state index contributed by atoms with van der Waals surface area (Å²) in [6.45, 7) is 5.35. The van der Waals surface area contributed by atoms with E-state index in [0.29, 0.717) is 5.91 Å². The Bertz CT molecular complexity index is 322. The number of piperazine rings is 1. The lowest BCUT2D eigenvalue weighted by molar-refractivity contribution is -0.137. The predicted octanol–water partition coefficient (Wildman–Crippen LogP) is 1.62. The molecule has 4 heteroatoms. The standard InChI is InChI=1S/C14H23N3O/c1-2-13(11-15)16-7-9-17(10-8-16)14(18)12-5-3-4-6-12/h12-13H,2-10H2,1H3. The van der Waals surface area contributed by atoms with Gasteiger partial charge in [0.25, 0.3) is 0 Å². The highest BCUT2D eigenvalue weighted by Crippen LogP contribution is 2.27. The second-order valence-electron chi connectivity index (χ2n) is 5.40. The third-order valence-electron chi connectivity index (χ3n) is 4.31. The molecule has 0 N–H and O–H groups in total. The smallest absolute Gasteiger partial charge is 0.225 e. The third kappa shape index (κ3) is 2.84. The Morgan fingerprint density at radius 1 is 1.28 bits per heavy atom. The Hall–Kier alpha value is -1.08. The number of nitrogens with zero attached hydrogens (tertiary/aromatic N) is 3. The monoisotopic (exact) mass is 249 g/mol. The molecule has 1 aliphatic carbocycles. The van der Waals surface area contributed by atoms with E-state index in [1.165, 1.54) is 12.8 Å². The summed E-state index contributed by atoms with van der Waals surface area (Å²) >= 11 is 0. The zero-order chi connectivity index (χ0) is 13.0. The lowest BCUT2D eigenvalue weighted by atomic mass is 10.1. The zero-order valence-electron chi connectivity index (χ0n) is 11.3. The van der Waals surface area contributed by atoms with Crippen LogP contribution < -0.4 is 0 Å². The van der Waals surface area contributed by atoms with E-state index in [9.17, 15) is 4.79 Å². The van der Waals surface area contributed by atoms with E-state index >= 15 is 0 Å². The minimum absolute atomic E-state index is 0.0220. The largest absolute Gasteiger partial charge is 0.340 e. The van der Waals surface area contributed by atoms with Crippen molar-refractivity contribution in [3.05, 3.63) is 0 Å². The van der Waals surface area contributed by atoms with Crippen molar-refractivity contribution in [3.63, 3.8) is 0 Å². The van der Waals surface area contributed by atoms with Crippen molar-refractivity contribution in [1.29, 1.82) is 5.26 Å². The van der Waals surface area contributed by atoms with E-state index in [0.717, 1.165) is 45.4 Å². The van der Waals surface area contributed by atoms with Gasteiger partial charge in [-0.2, -0.15) is 5.26 Å². The van der Waals surface area contributed by atoms with Crippen LogP contribution in [-0.4, -0.2) is 47.9 Å². The molecule has 0 radical (unpaired) electrons. The second kappa shape index (κ2) is 6.19. The number of amides is 1. The SMILES string of the molecule is CCC(C#N)N1CCN(C(=O)C2CCCC2)CC1. The fraction of sp³-hybridized carbons (Fsp3) is 0.857. The summed E-state index contributed by atoms with van der Waals surface area (Å²) in [5.41, 5.74) is 0. The summed E-state index contributed by atoms with van der Waals surface area (Å²) in [5.74, 6) is 0.645. The van der Waals surface area contributed by atoms with Gasteiger partial charge >= 0.3 is 0 Å². The van der Waals surface area contributed by atoms with Gasteiger partial charge in [-0.15, -0.1) is 0 Å². The summed E-state index contributed by atoms with van der Waals surface area (Å²) in [6.07, 6.45) is 5.45. The predicted molar refractivity (Wildman–Crippen MR) is 69.8 cm³/mol. The number of rotatable bonds is 3. The normalized spacial score (nSPS) is 23.9. The van der Waals surface area contributed by atoms with Crippen LogP contribution in [0.1, 0.15) is 39.0 Å². The molecule has 1 heterocycles. The van der Waals surface area contributed by atoms with Crippen LogP contribution in [0.15, 0.2) is 0 Å². The van der Waals surface area contributed by atoms with Crippen LogP contribution in [0.3, 0.4) is 0 Å². The first-order chi connectivity index (χ1) is 8.76. The number of carbonyl (C=O) groups is 1. The molecular formula is C14H23N3O.